The van der Waals surface area contributed by atoms with Crippen molar-refractivity contribution in [2.24, 2.45) is 0 Å². The minimum atomic E-state index is -4.43. The molecule has 0 fully saturated rings. The molecule has 1 atom stereocenters. The number of aromatic nitrogens is 1. The lowest BCUT2D eigenvalue weighted by molar-refractivity contribution is -0.137. The maximum Gasteiger partial charge on any atom is 0.416 e. The van der Waals surface area contributed by atoms with Crippen LogP contribution < -0.4 is 0 Å². The van der Waals surface area contributed by atoms with E-state index in [0.717, 1.165) is 24.4 Å². The van der Waals surface area contributed by atoms with Crippen LogP contribution in [-0.4, -0.2) is 10.1 Å². The van der Waals surface area contributed by atoms with Gasteiger partial charge in [-0.05, 0) is 17.7 Å². The van der Waals surface area contributed by atoms with Crippen LogP contribution in [0.25, 0.3) is 0 Å². The molecular formula is C14H11F4NO. The van der Waals surface area contributed by atoms with E-state index in [-0.39, 0.29) is 12.0 Å². The highest BCUT2D eigenvalue weighted by atomic mass is 19.4. The summed E-state index contributed by atoms with van der Waals surface area (Å²) < 4.78 is 50.6. The second kappa shape index (κ2) is 5.58. The Morgan fingerprint density at radius 1 is 1.15 bits per heavy atom. The van der Waals surface area contributed by atoms with Crippen molar-refractivity contribution >= 4 is 0 Å². The summed E-state index contributed by atoms with van der Waals surface area (Å²) in [6.45, 7) is 0. The van der Waals surface area contributed by atoms with E-state index in [0.29, 0.717) is 5.56 Å². The summed E-state index contributed by atoms with van der Waals surface area (Å²) >= 11 is 0. The highest BCUT2D eigenvalue weighted by Crippen LogP contribution is 2.30. The molecule has 1 aromatic heterocycles. The van der Waals surface area contributed by atoms with Crippen LogP contribution in [0.3, 0.4) is 0 Å². The first kappa shape index (κ1) is 14.5. The lowest BCUT2D eigenvalue weighted by Crippen LogP contribution is -2.07. The van der Waals surface area contributed by atoms with E-state index in [9.17, 15) is 22.7 Å². The predicted octanol–water partition coefficient (Wildman–Crippen LogP) is 3.52. The van der Waals surface area contributed by atoms with Crippen LogP contribution in [-0.2, 0) is 12.6 Å². The summed E-state index contributed by atoms with van der Waals surface area (Å²) in [5, 5.41) is 9.90. The maximum absolute atomic E-state index is 13.0. The maximum atomic E-state index is 13.0. The number of rotatable bonds is 3. The fourth-order valence-electron chi connectivity index (χ4n) is 1.83. The van der Waals surface area contributed by atoms with Gasteiger partial charge in [0.1, 0.15) is 5.82 Å². The fraction of sp³-hybridized carbons (Fsp3) is 0.214. The Morgan fingerprint density at radius 3 is 2.55 bits per heavy atom. The second-order valence-corrected chi connectivity index (χ2v) is 4.35. The van der Waals surface area contributed by atoms with Crippen molar-refractivity contribution in [2.45, 2.75) is 18.7 Å². The molecule has 0 aliphatic heterocycles. The van der Waals surface area contributed by atoms with Crippen LogP contribution in [0.2, 0.25) is 0 Å². The van der Waals surface area contributed by atoms with Gasteiger partial charge in [-0.1, -0.05) is 18.2 Å². The van der Waals surface area contributed by atoms with Gasteiger partial charge in [0.25, 0.3) is 0 Å². The molecule has 2 rings (SSSR count). The highest BCUT2D eigenvalue weighted by molar-refractivity contribution is 5.27. The largest absolute Gasteiger partial charge is 0.416 e. The monoisotopic (exact) mass is 285 g/mol. The van der Waals surface area contributed by atoms with Gasteiger partial charge in [0.05, 0.1) is 17.9 Å². The third kappa shape index (κ3) is 3.54. The second-order valence-electron chi connectivity index (χ2n) is 4.35. The number of aliphatic hydroxyl groups is 1. The number of aliphatic hydroxyl groups excluding tert-OH is 1. The Labute approximate surface area is 112 Å². The van der Waals surface area contributed by atoms with E-state index < -0.39 is 23.7 Å². The number of nitrogens with zero attached hydrogens (tertiary/aromatic N) is 1. The van der Waals surface area contributed by atoms with Crippen molar-refractivity contribution in [3.8, 4) is 0 Å². The van der Waals surface area contributed by atoms with Crippen LogP contribution in [0, 0.1) is 5.82 Å². The normalized spacial score (nSPS) is 13.2. The number of hydrogen-bond acceptors (Lipinski definition) is 2. The summed E-state index contributed by atoms with van der Waals surface area (Å²) in [5.74, 6) is -0.606. The van der Waals surface area contributed by atoms with Crippen molar-refractivity contribution in [3.63, 3.8) is 0 Å². The minimum absolute atomic E-state index is 0.0466. The SMILES string of the molecule is OC(Cc1cccc(C(F)(F)F)c1)c1cncc(F)c1. The molecule has 1 N–H and O–H groups in total. The van der Waals surface area contributed by atoms with E-state index in [1.54, 1.807) is 0 Å². The van der Waals surface area contributed by atoms with Crippen LogP contribution in [0.1, 0.15) is 22.8 Å². The van der Waals surface area contributed by atoms with Crippen LogP contribution >= 0.6 is 0 Å². The van der Waals surface area contributed by atoms with Gasteiger partial charge in [0.15, 0.2) is 0 Å². The summed E-state index contributed by atoms with van der Waals surface area (Å²) in [4.78, 5) is 3.59. The lowest BCUT2D eigenvalue weighted by Gasteiger charge is -2.12. The molecule has 2 nitrogen and oxygen atoms in total. The van der Waals surface area contributed by atoms with Crippen molar-refractivity contribution < 1.29 is 22.7 Å². The fourth-order valence-corrected chi connectivity index (χ4v) is 1.83. The molecule has 0 aliphatic rings. The molecule has 20 heavy (non-hydrogen) atoms. The van der Waals surface area contributed by atoms with E-state index in [4.69, 9.17) is 0 Å². The smallest absolute Gasteiger partial charge is 0.388 e. The first-order chi connectivity index (χ1) is 9.36. The summed E-state index contributed by atoms with van der Waals surface area (Å²) in [5.41, 5.74) is -0.237. The predicted molar refractivity (Wildman–Crippen MR) is 64.3 cm³/mol. The van der Waals surface area contributed by atoms with E-state index in [1.807, 2.05) is 0 Å². The molecule has 0 aliphatic carbocycles. The number of benzene rings is 1. The van der Waals surface area contributed by atoms with Gasteiger partial charge in [-0.2, -0.15) is 13.2 Å². The number of hydrogen-bond donors (Lipinski definition) is 1. The van der Waals surface area contributed by atoms with Crippen molar-refractivity contribution in [2.75, 3.05) is 0 Å². The van der Waals surface area contributed by atoms with Gasteiger partial charge >= 0.3 is 6.18 Å². The van der Waals surface area contributed by atoms with Crippen LogP contribution in [0.5, 0.6) is 0 Å². The first-order valence-electron chi connectivity index (χ1n) is 5.81. The minimum Gasteiger partial charge on any atom is -0.388 e. The van der Waals surface area contributed by atoms with E-state index >= 15 is 0 Å². The van der Waals surface area contributed by atoms with Crippen molar-refractivity contribution in [3.05, 3.63) is 65.2 Å². The van der Waals surface area contributed by atoms with E-state index in [2.05, 4.69) is 4.98 Å². The Bertz CT molecular complexity index is 598. The molecule has 1 heterocycles. The van der Waals surface area contributed by atoms with Crippen molar-refractivity contribution in [1.82, 2.24) is 4.98 Å². The molecule has 0 bridgehead atoms. The molecule has 0 amide bonds. The van der Waals surface area contributed by atoms with Gasteiger partial charge in [0, 0.05) is 18.2 Å². The Balaban J connectivity index is 2.18. The van der Waals surface area contributed by atoms with Crippen LogP contribution in [0.4, 0.5) is 17.6 Å². The topological polar surface area (TPSA) is 33.1 Å². The quantitative estimate of drug-likeness (QED) is 0.875. The molecule has 0 saturated carbocycles. The third-order valence-electron chi connectivity index (χ3n) is 2.79. The summed E-state index contributed by atoms with van der Waals surface area (Å²) in [7, 11) is 0. The standard InChI is InChI=1S/C14H11F4NO/c15-12-6-10(7-19-8-12)13(20)5-9-2-1-3-11(4-9)14(16,17)18/h1-4,6-8,13,20H,5H2. The zero-order chi connectivity index (χ0) is 14.8. The number of alkyl halides is 3. The molecule has 106 valence electrons. The van der Waals surface area contributed by atoms with Gasteiger partial charge < -0.3 is 5.11 Å². The highest BCUT2D eigenvalue weighted by Gasteiger charge is 2.30. The molecular weight excluding hydrogens is 274 g/mol. The Kier molecular flexibility index (Phi) is 4.04. The zero-order valence-electron chi connectivity index (χ0n) is 10.2. The average molecular weight is 285 g/mol. The molecule has 2 aromatic rings. The molecule has 6 heteroatoms. The van der Waals surface area contributed by atoms with Gasteiger partial charge in [-0.25, -0.2) is 4.39 Å². The third-order valence-corrected chi connectivity index (χ3v) is 2.79. The first-order valence-corrected chi connectivity index (χ1v) is 5.81. The molecule has 0 radical (unpaired) electrons. The van der Waals surface area contributed by atoms with Gasteiger partial charge in [-0.15, -0.1) is 0 Å². The van der Waals surface area contributed by atoms with Gasteiger partial charge in [0.2, 0.25) is 0 Å². The molecule has 0 spiro atoms. The van der Waals surface area contributed by atoms with E-state index in [1.165, 1.54) is 18.3 Å². The Morgan fingerprint density at radius 2 is 1.90 bits per heavy atom. The molecule has 1 unspecified atom stereocenters. The Hall–Kier alpha value is -1.95. The summed E-state index contributed by atoms with van der Waals surface area (Å²) in [6.07, 6.45) is -3.32. The molecule has 0 saturated heterocycles. The summed E-state index contributed by atoms with van der Waals surface area (Å²) in [6, 6.07) is 5.78. The van der Waals surface area contributed by atoms with Crippen molar-refractivity contribution in [1.29, 1.82) is 0 Å². The lowest BCUT2D eigenvalue weighted by atomic mass is 10.0. The number of pyridine rings is 1. The van der Waals surface area contributed by atoms with Gasteiger partial charge in [-0.3, -0.25) is 4.98 Å². The van der Waals surface area contributed by atoms with Crippen LogP contribution in [0.15, 0.2) is 42.7 Å². The average Bonchev–Trinajstić information content (AvgIpc) is 2.38. The molecule has 1 aromatic carbocycles. The zero-order valence-corrected chi connectivity index (χ0v) is 10.2. The number of halogens is 4.